The molecule has 1 heterocycles. The average molecular weight is 285 g/mol. The number of allylic oxidation sites excluding steroid dienone is 3. The fourth-order valence-electron chi connectivity index (χ4n) is 2.24. The van der Waals surface area contributed by atoms with Gasteiger partial charge in [-0.2, -0.15) is 5.26 Å². The summed E-state index contributed by atoms with van der Waals surface area (Å²) in [4.78, 5) is 7.67. The van der Waals surface area contributed by atoms with Crippen LogP contribution in [0.4, 0.5) is 0 Å². The molecule has 3 heteroatoms. The number of fused-ring (bicyclic) bond motifs is 1. The molecule has 3 aromatic rings. The molecular formula is C19H15N3. The van der Waals surface area contributed by atoms with Gasteiger partial charge in [0.05, 0.1) is 16.6 Å². The summed E-state index contributed by atoms with van der Waals surface area (Å²) in [6.07, 6.45) is 5.61. The summed E-state index contributed by atoms with van der Waals surface area (Å²) in [6, 6.07) is 18.2. The van der Waals surface area contributed by atoms with Crippen LogP contribution in [0.3, 0.4) is 0 Å². The van der Waals surface area contributed by atoms with Crippen molar-refractivity contribution in [2.24, 2.45) is 0 Å². The molecule has 2 aromatic carbocycles. The quantitative estimate of drug-likeness (QED) is 0.569. The first-order valence-corrected chi connectivity index (χ1v) is 7.06. The Morgan fingerprint density at radius 3 is 2.77 bits per heavy atom. The minimum Gasteiger partial charge on any atom is -0.337 e. The fourth-order valence-corrected chi connectivity index (χ4v) is 2.24. The Labute approximate surface area is 129 Å². The third kappa shape index (κ3) is 2.97. The molecule has 0 saturated carbocycles. The van der Waals surface area contributed by atoms with Crippen LogP contribution in [-0.4, -0.2) is 9.97 Å². The minimum atomic E-state index is 0.515. The highest BCUT2D eigenvalue weighted by Crippen LogP contribution is 2.18. The number of hydrogen-bond acceptors (Lipinski definition) is 2. The van der Waals surface area contributed by atoms with Crippen molar-refractivity contribution in [2.75, 3.05) is 0 Å². The number of nitrogens with zero attached hydrogens (tertiary/aromatic N) is 2. The summed E-state index contributed by atoms with van der Waals surface area (Å²) in [5.41, 5.74) is 4.59. The van der Waals surface area contributed by atoms with Crippen molar-refractivity contribution in [2.45, 2.75) is 6.92 Å². The smallest absolute Gasteiger partial charge is 0.149 e. The molecule has 1 N–H and O–H groups in total. The second-order valence-corrected chi connectivity index (χ2v) is 5.07. The van der Waals surface area contributed by atoms with Gasteiger partial charge in [-0.25, -0.2) is 4.98 Å². The second kappa shape index (κ2) is 6.11. The average Bonchev–Trinajstić information content (AvgIpc) is 2.95. The first kappa shape index (κ1) is 13.8. The Balaban J connectivity index is 1.91. The molecule has 22 heavy (non-hydrogen) atoms. The van der Waals surface area contributed by atoms with Crippen molar-refractivity contribution in [3.8, 4) is 6.07 Å². The maximum atomic E-state index is 9.34. The molecule has 106 valence electrons. The van der Waals surface area contributed by atoms with Gasteiger partial charge < -0.3 is 4.98 Å². The summed E-state index contributed by atoms with van der Waals surface area (Å²) in [6.45, 7) is 2.03. The lowest BCUT2D eigenvalue weighted by atomic mass is 10.2. The van der Waals surface area contributed by atoms with E-state index >= 15 is 0 Å². The van der Waals surface area contributed by atoms with Crippen LogP contribution in [0.15, 0.2) is 60.7 Å². The van der Waals surface area contributed by atoms with Gasteiger partial charge in [0, 0.05) is 0 Å². The molecule has 0 aliphatic heterocycles. The van der Waals surface area contributed by atoms with Crippen LogP contribution in [0.25, 0.3) is 22.7 Å². The van der Waals surface area contributed by atoms with Gasteiger partial charge in [-0.1, -0.05) is 48.6 Å². The lowest BCUT2D eigenvalue weighted by Gasteiger charge is -1.91. The van der Waals surface area contributed by atoms with Crippen LogP contribution < -0.4 is 0 Å². The first-order valence-electron chi connectivity index (χ1n) is 7.06. The normalized spacial score (nSPS) is 11.9. The molecule has 0 aliphatic carbocycles. The molecule has 0 fully saturated rings. The predicted molar refractivity (Wildman–Crippen MR) is 89.9 cm³/mol. The van der Waals surface area contributed by atoms with E-state index in [0.717, 1.165) is 22.2 Å². The zero-order valence-corrected chi connectivity index (χ0v) is 12.2. The Hall–Kier alpha value is -3.12. The van der Waals surface area contributed by atoms with Gasteiger partial charge in [0.15, 0.2) is 0 Å². The Kier molecular flexibility index (Phi) is 3.84. The number of rotatable bonds is 3. The van der Waals surface area contributed by atoms with Crippen LogP contribution in [0.2, 0.25) is 0 Å². The van der Waals surface area contributed by atoms with Crippen molar-refractivity contribution in [1.29, 1.82) is 5.26 Å². The van der Waals surface area contributed by atoms with E-state index < -0.39 is 0 Å². The molecule has 0 aliphatic rings. The summed E-state index contributed by atoms with van der Waals surface area (Å²) in [5.74, 6) is 0.598. The number of imidazole rings is 1. The lowest BCUT2D eigenvalue weighted by Crippen LogP contribution is -1.83. The standard InChI is InChI=1S/C19H15N3/c1-14-10-11-17-18(12-14)22-19(21-17)16(13-20)9-5-8-15-6-3-2-4-7-15/h2-12H,1H3,(H,21,22)/b8-5+,16-9+. The molecule has 0 amide bonds. The number of aromatic nitrogens is 2. The molecule has 1 aromatic heterocycles. The fraction of sp³-hybridized carbons (Fsp3) is 0.0526. The van der Waals surface area contributed by atoms with E-state index in [0.29, 0.717) is 11.4 Å². The highest BCUT2D eigenvalue weighted by molar-refractivity contribution is 5.83. The first-order chi connectivity index (χ1) is 10.8. The second-order valence-electron chi connectivity index (χ2n) is 5.07. The number of nitrogens with one attached hydrogen (secondary N) is 1. The summed E-state index contributed by atoms with van der Waals surface area (Å²) >= 11 is 0. The van der Waals surface area contributed by atoms with Crippen LogP contribution in [0.5, 0.6) is 0 Å². The monoisotopic (exact) mass is 285 g/mol. The molecule has 0 bridgehead atoms. The molecule has 0 radical (unpaired) electrons. The number of nitriles is 1. The maximum absolute atomic E-state index is 9.34. The predicted octanol–water partition coefficient (Wildman–Crippen LogP) is 4.49. The van der Waals surface area contributed by atoms with E-state index in [2.05, 4.69) is 16.0 Å². The molecule has 0 unspecified atom stereocenters. The van der Waals surface area contributed by atoms with Gasteiger partial charge in [0.1, 0.15) is 11.9 Å². The Morgan fingerprint density at radius 2 is 2.00 bits per heavy atom. The van der Waals surface area contributed by atoms with Crippen molar-refractivity contribution >= 4 is 22.7 Å². The SMILES string of the molecule is Cc1ccc2nc(/C(C#N)=C/C=C/c3ccccc3)[nH]c2c1. The molecule has 0 spiro atoms. The number of aryl methyl sites for hydroxylation is 1. The number of hydrogen-bond donors (Lipinski definition) is 1. The van der Waals surface area contributed by atoms with Gasteiger partial charge in [0.25, 0.3) is 0 Å². The van der Waals surface area contributed by atoms with E-state index in [9.17, 15) is 5.26 Å². The molecule has 0 saturated heterocycles. The third-order valence-corrected chi connectivity index (χ3v) is 3.36. The summed E-state index contributed by atoms with van der Waals surface area (Å²) in [5, 5.41) is 9.34. The zero-order valence-electron chi connectivity index (χ0n) is 12.2. The van der Waals surface area contributed by atoms with Gasteiger partial charge in [-0.05, 0) is 36.3 Å². The molecule has 3 nitrogen and oxygen atoms in total. The Morgan fingerprint density at radius 1 is 1.18 bits per heavy atom. The van der Waals surface area contributed by atoms with Crippen LogP contribution in [-0.2, 0) is 0 Å². The van der Waals surface area contributed by atoms with Crippen LogP contribution >= 0.6 is 0 Å². The van der Waals surface area contributed by atoms with Crippen LogP contribution in [0.1, 0.15) is 17.0 Å². The highest BCUT2D eigenvalue weighted by Gasteiger charge is 2.06. The van der Waals surface area contributed by atoms with Crippen molar-refractivity contribution in [3.05, 3.63) is 77.6 Å². The minimum absolute atomic E-state index is 0.515. The number of H-pyrrole nitrogens is 1. The van der Waals surface area contributed by atoms with Crippen molar-refractivity contribution < 1.29 is 0 Å². The number of benzene rings is 2. The largest absolute Gasteiger partial charge is 0.337 e. The van der Waals surface area contributed by atoms with Crippen molar-refractivity contribution in [3.63, 3.8) is 0 Å². The topological polar surface area (TPSA) is 52.5 Å². The van der Waals surface area contributed by atoms with Gasteiger partial charge in [-0.15, -0.1) is 0 Å². The highest BCUT2D eigenvalue weighted by atomic mass is 14.9. The molecular weight excluding hydrogens is 270 g/mol. The summed E-state index contributed by atoms with van der Waals surface area (Å²) in [7, 11) is 0. The summed E-state index contributed by atoms with van der Waals surface area (Å²) < 4.78 is 0. The maximum Gasteiger partial charge on any atom is 0.149 e. The van der Waals surface area contributed by atoms with E-state index in [1.165, 1.54) is 0 Å². The zero-order chi connectivity index (χ0) is 15.4. The number of aromatic amines is 1. The van der Waals surface area contributed by atoms with E-state index in [1.807, 2.05) is 67.6 Å². The Bertz CT molecular complexity index is 893. The van der Waals surface area contributed by atoms with E-state index in [4.69, 9.17) is 0 Å². The third-order valence-electron chi connectivity index (χ3n) is 3.36. The lowest BCUT2D eigenvalue weighted by molar-refractivity contribution is 1.27. The molecule has 0 atom stereocenters. The van der Waals surface area contributed by atoms with Gasteiger partial charge >= 0.3 is 0 Å². The van der Waals surface area contributed by atoms with Gasteiger partial charge in [-0.3, -0.25) is 0 Å². The van der Waals surface area contributed by atoms with Crippen molar-refractivity contribution in [1.82, 2.24) is 9.97 Å². The molecule has 3 rings (SSSR count). The van der Waals surface area contributed by atoms with E-state index in [-0.39, 0.29) is 0 Å². The van der Waals surface area contributed by atoms with E-state index in [1.54, 1.807) is 6.08 Å². The van der Waals surface area contributed by atoms with Gasteiger partial charge in [0.2, 0.25) is 0 Å². The van der Waals surface area contributed by atoms with Crippen LogP contribution in [0, 0.1) is 18.3 Å².